The molecule has 0 aromatic heterocycles. The third kappa shape index (κ3) is 3.42. The number of nitro benzene ring substituents is 1. The van der Waals surface area contributed by atoms with Crippen LogP contribution in [0, 0.1) is 10.1 Å². The van der Waals surface area contributed by atoms with Gasteiger partial charge in [0.15, 0.2) is 0 Å². The van der Waals surface area contributed by atoms with Gasteiger partial charge in [-0.05, 0) is 30.7 Å². The van der Waals surface area contributed by atoms with Gasteiger partial charge in [0.2, 0.25) is 5.91 Å². The number of carbonyl (C=O) groups is 1. The summed E-state index contributed by atoms with van der Waals surface area (Å²) in [5, 5.41) is 13.8. The molecule has 1 saturated heterocycles. The lowest BCUT2D eigenvalue weighted by Crippen LogP contribution is -2.51. The molecule has 1 atom stereocenters. The van der Waals surface area contributed by atoms with Crippen LogP contribution in [-0.2, 0) is 4.79 Å². The average Bonchev–Trinajstić information content (AvgIpc) is 2.45. The van der Waals surface area contributed by atoms with Crippen molar-refractivity contribution in [2.75, 3.05) is 19.6 Å². The fourth-order valence-corrected chi connectivity index (χ4v) is 2.14. The number of nitro groups is 1. The molecule has 1 heterocycles. The summed E-state index contributed by atoms with van der Waals surface area (Å²) in [6.07, 6.45) is 3.20. The zero-order chi connectivity index (χ0) is 14.5. The van der Waals surface area contributed by atoms with Crippen LogP contribution in [0.2, 0.25) is 0 Å². The van der Waals surface area contributed by atoms with Crippen molar-refractivity contribution in [3.8, 4) is 0 Å². The van der Waals surface area contributed by atoms with Crippen molar-refractivity contribution in [3.05, 3.63) is 46.0 Å². The van der Waals surface area contributed by atoms with E-state index in [9.17, 15) is 14.9 Å². The molecule has 0 spiro atoms. The van der Waals surface area contributed by atoms with E-state index >= 15 is 0 Å². The number of nitrogens with one attached hydrogen (secondary N) is 1. The van der Waals surface area contributed by atoms with Gasteiger partial charge in [-0.2, -0.15) is 0 Å². The molecule has 0 radical (unpaired) electrons. The van der Waals surface area contributed by atoms with Gasteiger partial charge in [-0.15, -0.1) is 0 Å². The molecule has 1 aliphatic rings. The van der Waals surface area contributed by atoms with Gasteiger partial charge in [0, 0.05) is 43.9 Å². The van der Waals surface area contributed by atoms with Gasteiger partial charge in [0.25, 0.3) is 5.69 Å². The van der Waals surface area contributed by atoms with Gasteiger partial charge in [-0.1, -0.05) is 0 Å². The van der Waals surface area contributed by atoms with Gasteiger partial charge >= 0.3 is 0 Å². The van der Waals surface area contributed by atoms with Crippen LogP contribution in [-0.4, -0.2) is 41.4 Å². The van der Waals surface area contributed by atoms with Crippen LogP contribution in [0.4, 0.5) is 5.69 Å². The van der Waals surface area contributed by atoms with E-state index in [0.717, 1.165) is 18.7 Å². The van der Waals surface area contributed by atoms with Crippen LogP contribution in [0.15, 0.2) is 30.3 Å². The molecule has 106 valence electrons. The quantitative estimate of drug-likeness (QED) is 0.514. The molecule has 1 aromatic rings. The number of rotatable bonds is 3. The maximum Gasteiger partial charge on any atom is 0.269 e. The Bertz CT molecular complexity index is 525. The van der Waals surface area contributed by atoms with Gasteiger partial charge < -0.3 is 10.2 Å². The predicted octanol–water partition coefficient (Wildman–Crippen LogP) is 1.43. The maximum absolute atomic E-state index is 12.1. The predicted molar refractivity (Wildman–Crippen MR) is 76.2 cm³/mol. The summed E-state index contributed by atoms with van der Waals surface area (Å²) in [5.74, 6) is -0.0302. The fourth-order valence-electron chi connectivity index (χ4n) is 2.14. The highest BCUT2D eigenvalue weighted by Gasteiger charge is 2.20. The SMILES string of the molecule is CC1CNCCN1C(=O)C=Cc1ccc([N+](=O)[O-])cc1. The van der Waals surface area contributed by atoms with Crippen molar-refractivity contribution in [2.24, 2.45) is 0 Å². The zero-order valence-corrected chi connectivity index (χ0v) is 11.3. The molecule has 20 heavy (non-hydrogen) atoms. The van der Waals surface area contributed by atoms with Crippen LogP contribution in [0.25, 0.3) is 6.08 Å². The minimum Gasteiger partial charge on any atom is -0.334 e. The lowest BCUT2D eigenvalue weighted by atomic mass is 10.1. The van der Waals surface area contributed by atoms with Gasteiger partial charge in [-0.3, -0.25) is 14.9 Å². The first-order valence-corrected chi connectivity index (χ1v) is 6.52. The molecule has 1 amide bonds. The molecular formula is C14H17N3O3. The Morgan fingerprint density at radius 3 is 2.75 bits per heavy atom. The monoisotopic (exact) mass is 275 g/mol. The van der Waals surface area contributed by atoms with Crippen molar-refractivity contribution in [1.82, 2.24) is 10.2 Å². The largest absolute Gasteiger partial charge is 0.334 e. The van der Waals surface area contributed by atoms with E-state index < -0.39 is 4.92 Å². The zero-order valence-electron chi connectivity index (χ0n) is 11.3. The number of hydrogen-bond donors (Lipinski definition) is 1. The lowest BCUT2D eigenvalue weighted by molar-refractivity contribution is -0.384. The highest BCUT2D eigenvalue weighted by Crippen LogP contribution is 2.13. The summed E-state index contributed by atoms with van der Waals surface area (Å²) < 4.78 is 0. The number of hydrogen-bond acceptors (Lipinski definition) is 4. The number of nitrogens with zero attached hydrogens (tertiary/aromatic N) is 2. The number of amides is 1. The molecule has 0 bridgehead atoms. The number of carbonyl (C=O) groups excluding carboxylic acids is 1. The van der Waals surface area contributed by atoms with E-state index in [-0.39, 0.29) is 17.6 Å². The molecule has 0 saturated carbocycles. The summed E-state index contributed by atoms with van der Waals surface area (Å²) >= 11 is 0. The molecule has 1 fully saturated rings. The summed E-state index contributed by atoms with van der Waals surface area (Å²) in [5.41, 5.74) is 0.816. The third-order valence-electron chi connectivity index (χ3n) is 3.31. The van der Waals surface area contributed by atoms with E-state index in [1.165, 1.54) is 18.2 Å². The standard InChI is InChI=1S/C14H17N3O3/c1-11-10-15-8-9-16(11)14(18)7-4-12-2-5-13(6-3-12)17(19)20/h2-7,11,15H,8-10H2,1H3. The number of benzene rings is 1. The Labute approximate surface area is 117 Å². The third-order valence-corrected chi connectivity index (χ3v) is 3.31. The van der Waals surface area contributed by atoms with Crippen molar-refractivity contribution in [2.45, 2.75) is 13.0 Å². The van der Waals surface area contributed by atoms with Crippen LogP contribution in [0.5, 0.6) is 0 Å². The molecule has 1 N–H and O–H groups in total. The Balaban J connectivity index is 2.01. The summed E-state index contributed by atoms with van der Waals surface area (Å²) in [4.78, 5) is 24.0. The normalized spacial score (nSPS) is 19.2. The Morgan fingerprint density at radius 1 is 1.45 bits per heavy atom. The van der Waals surface area contributed by atoms with Crippen LogP contribution < -0.4 is 5.32 Å². The highest BCUT2D eigenvalue weighted by atomic mass is 16.6. The van der Waals surface area contributed by atoms with Gasteiger partial charge in [0.1, 0.15) is 0 Å². The summed E-state index contributed by atoms with van der Waals surface area (Å²) in [7, 11) is 0. The van der Waals surface area contributed by atoms with Crippen LogP contribution in [0.1, 0.15) is 12.5 Å². The van der Waals surface area contributed by atoms with Crippen LogP contribution >= 0.6 is 0 Å². The maximum atomic E-state index is 12.1. The van der Waals surface area contributed by atoms with Crippen LogP contribution in [0.3, 0.4) is 0 Å². The molecule has 6 nitrogen and oxygen atoms in total. The van der Waals surface area contributed by atoms with E-state index in [1.807, 2.05) is 11.8 Å². The summed E-state index contributed by atoms with van der Waals surface area (Å²) in [6, 6.07) is 6.29. The molecule has 2 rings (SSSR count). The first-order chi connectivity index (χ1) is 9.58. The van der Waals surface area contributed by atoms with E-state index in [1.54, 1.807) is 18.2 Å². The number of non-ortho nitro benzene ring substituents is 1. The minimum atomic E-state index is -0.443. The molecule has 6 heteroatoms. The highest BCUT2D eigenvalue weighted by molar-refractivity contribution is 5.92. The van der Waals surface area contributed by atoms with E-state index in [2.05, 4.69) is 5.32 Å². The molecular weight excluding hydrogens is 258 g/mol. The average molecular weight is 275 g/mol. The lowest BCUT2D eigenvalue weighted by Gasteiger charge is -2.33. The first-order valence-electron chi connectivity index (χ1n) is 6.52. The molecule has 0 aliphatic carbocycles. The van der Waals surface area contributed by atoms with Crippen molar-refractivity contribution in [1.29, 1.82) is 0 Å². The summed E-state index contributed by atoms with van der Waals surface area (Å²) in [6.45, 7) is 4.31. The van der Waals surface area contributed by atoms with Crippen molar-refractivity contribution >= 4 is 17.7 Å². The van der Waals surface area contributed by atoms with E-state index in [0.29, 0.717) is 6.54 Å². The Hall–Kier alpha value is -2.21. The van der Waals surface area contributed by atoms with Crippen molar-refractivity contribution in [3.63, 3.8) is 0 Å². The molecule has 1 aliphatic heterocycles. The molecule has 1 aromatic carbocycles. The second kappa shape index (κ2) is 6.29. The number of piperazine rings is 1. The van der Waals surface area contributed by atoms with Gasteiger partial charge in [0.05, 0.1) is 4.92 Å². The molecule has 1 unspecified atom stereocenters. The fraction of sp³-hybridized carbons (Fsp3) is 0.357. The smallest absolute Gasteiger partial charge is 0.269 e. The van der Waals surface area contributed by atoms with E-state index in [4.69, 9.17) is 0 Å². The Morgan fingerprint density at radius 2 is 2.15 bits per heavy atom. The second-order valence-corrected chi connectivity index (χ2v) is 4.77. The Kier molecular flexibility index (Phi) is 4.47. The second-order valence-electron chi connectivity index (χ2n) is 4.77. The van der Waals surface area contributed by atoms with Crippen molar-refractivity contribution < 1.29 is 9.72 Å². The first kappa shape index (κ1) is 14.2. The minimum absolute atomic E-state index is 0.0302. The topological polar surface area (TPSA) is 75.5 Å². The van der Waals surface area contributed by atoms with Gasteiger partial charge in [-0.25, -0.2) is 0 Å².